The van der Waals surface area contributed by atoms with Gasteiger partial charge in [0.25, 0.3) is 0 Å². The second-order valence-corrected chi connectivity index (χ2v) is 26.7. The van der Waals surface area contributed by atoms with Crippen molar-refractivity contribution in [2.24, 2.45) is 0 Å². The van der Waals surface area contributed by atoms with Gasteiger partial charge in [0.1, 0.15) is 0 Å². The van der Waals surface area contributed by atoms with Crippen LogP contribution in [0.25, 0.3) is 0 Å². The Balaban J connectivity index is 3.32. The number of unbranched alkanes of at least 4 members (excludes halogenated alkanes) is 60. The van der Waals surface area contributed by atoms with Crippen LogP contribution in [0.4, 0.5) is 0 Å². The van der Waals surface area contributed by atoms with E-state index in [-0.39, 0.29) is 18.5 Å². The largest absolute Gasteiger partial charge is 0.466 e. The highest BCUT2D eigenvalue weighted by molar-refractivity contribution is 5.76. The first kappa shape index (κ1) is 81.6. The molecule has 0 saturated heterocycles. The van der Waals surface area contributed by atoms with Crippen LogP contribution in [0.15, 0.2) is 12.2 Å². The standard InChI is InChI=1S/C77H151NO5/c1-3-5-7-9-11-13-15-17-19-21-34-38-41-45-49-53-57-61-65-69-75(80)74(73-79)78-76(81)70-66-62-58-54-50-46-42-39-35-32-30-28-26-24-22-23-25-27-29-31-33-36-40-44-48-52-56-60-64-68-72-83-77(82)71-67-63-59-55-51-47-43-37-20-18-16-14-12-10-8-6-4-2/h18,20,74-75,79-80H,3-17,19,21-73H2,1-2H3,(H,78,81)/b20-18-. The lowest BCUT2D eigenvalue weighted by molar-refractivity contribution is -0.143. The Kier molecular flexibility index (Phi) is 71.8. The van der Waals surface area contributed by atoms with Crippen LogP contribution in [0.2, 0.25) is 0 Å². The Morgan fingerprint density at radius 1 is 0.325 bits per heavy atom. The lowest BCUT2D eigenvalue weighted by atomic mass is 10.0. The van der Waals surface area contributed by atoms with Crippen molar-refractivity contribution >= 4 is 11.9 Å². The molecule has 0 aromatic carbocycles. The molecular weight excluding hydrogens is 1020 g/mol. The van der Waals surface area contributed by atoms with Gasteiger partial charge in [-0.1, -0.05) is 392 Å². The molecule has 0 spiro atoms. The number of nitrogens with one attached hydrogen (secondary N) is 1. The summed E-state index contributed by atoms with van der Waals surface area (Å²) in [5, 5.41) is 23.4. The Labute approximate surface area is 520 Å². The number of hydrogen-bond acceptors (Lipinski definition) is 5. The maximum absolute atomic E-state index is 12.5. The van der Waals surface area contributed by atoms with E-state index >= 15 is 0 Å². The highest BCUT2D eigenvalue weighted by Crippen LogP contribution is 2.20. The van der Waals surface area contributed by atoms with E-state index in [1.54, 1.807) is 0 Å². The molecule has 0 rings (SSSR count). The molecule has 0 aliphatic rings. The van der Waals surface area contributed by atoms with Gasteiger partial charge in [0.05, 0.1) is 25.4 Å². The first-order valence-electron chi connectivity index (χ1n) is 38.4. The topological polar surface area (TPSA) is 95.9 Å². The van der Waals surface area contributed by atoms with Gasteiger partial charge in [-0.05, 0) is 51.4 Å². The van der Waals surface area contributed by atoms with E-state index in [4.69, 9.17) is 4.74 Å². The number of amides is 1. The first-order chi connectivity index (χ1) is 41.0. The predicted octanol–water partition coefficient (Wildman–Crippen LogP) is 25.1. The summed E-state index contributed by atoms with van der Waals surface area (Å²) in [6, 6.07) is -0.538. The fourth-order valence-electron chi connectivity index (χ4n) is 12.5. The van der Waals surface area contributed by atoms with Crippen molar-refractivity contribution in [2.45, 2.75) is 456 Å². The smallest absolute Gasteiger partial charge is 0.305 e. The van der Waals surface area contributed by atoms with Crippen molar-refractivity contribution in [1.82, 2.24) is 5.32 Å². The van der Waals surface area contributed by atoms with Crippen molar-refractivity contribution in [3.63, 3.8) is 0 Å². The minimum absolute atomic E-state index is 0.0180. The van der Waals surface area contributed by atoms with E-state index in [0.717, 1.165) is 44.9 Å². The number of aliphatic hydroxyl groups is 2. The Morgan fingerprint density at radius 3 is 0.855 bits per heavy atom. The average Bonchev–Trinajstić information content (AvgIpc) is 3.49. The number of ether oxygens (including phenoxy) is 1. The molecular formula is C77H151NO5. The van der Waals surface area contributed by atoms with Crippen molar-refractivity contribution in [1.29, 1.82) is 0 Å². The van der Waals surface area contributed by atoms with Crippen LogP contribution in [0.1, 0.15) is 444 Å². The third-order valence-corrected chi connectivity index (χ3v) is 18.3. The van der Waals surface area contributed by atoms with Crippen molar-refractivity contribution < 1.29 is 24.5 Å². The first-order valence-corrected chi connectivity index (χ1v) is 38.4. The van der Waals surface area contributed by atoms with Gasteiger partial charge < -0.3 is 20.3 Å². The minimum atomic E-state index is -0.662. The van der Waals surface area contributed by atoms with Crippen LogP contribution in [-0.4, -0.2) is 47.4 Å². The molecule has 0 aromatic rings. The molecule has 0 aromatic heterocycles. The summed E-state index contributed by atoms with van der Waals surface area (Å²) >= 11 is 0. The van der Waals surface area contributed by atoms with Gasteiger partial charge >= 0.3 is 5.97 Å². The van der Waals surface area contributed by atoms with Crippen LogP contribution >= 0.6 is 0 Å². The number of esters is 1. The van der Waals surface area contributed by atoms with Crippen LogP contribution < -0.4 is 5.32 Å². The fourth-order valence-corrected chi connectivity index (χ4v) is 12.5. The SMILES string of the molecule is CCCCCCCC/C=C\CCCCCCCCCC(=O)OCCCCCCCCCCCCCCCCCCCCCCCCCCCCCCCCC(=O)NC(CO)C(O)CCCCCCCCCCCCCCCCCCCCC. The fraction of sp³-hybridized carbons (Fsp3) is 0.948. The summed E-state index contributed by atoms with van der Waals surface area (Å²) in [5.74, 6) is -0.00802. The monoisotopic (exact) mass is 1170 g/mol. The summed E-state index contributed by atoms with van der Waals surface area (Å²) in [5.41, 5.74) is 0. The lowest BCUT2D eigenvalue weighted by Gasteiger charge is -2.22. The maximum Gasteiger partial charge on any atom is 0.305 e. The number of carbonyl (C=O) groups is 2. The molecule has 0 aliphatic carbocycles. The summed E-state index contributed by atoms with van der Waals surface area (Å²) in [6.07, 6.45) is 91.5. The Morgan fingerprint density at radius 2 is 0.566 bits per heavy atom. The van der Waals surface area contributed by atoms with Crippen LogP contribution in [-0.2, 0) is 14.3 Å². The van der Waals surface area contributed by atoms with E-state index < -0.39 is 12.1 Å². The quantitative estimate of drug-likeness (QED) is 0.0320. The van der Waals surface area contributed by atoms with Crippen LogP contribution in [0.5, 0.6) is 0 Å². The number of carbonyl (C=O) groups excluding carboxylic acids is 2. The zero-order chi connectivity index (χ0) is 59.9. The van der Waals surface area contributed by atoms with E-state index in [2.05, 4.69) is 31.3 Å². The van der Waals surface area contributed by atoms with Gasteiger partial charge in [-0.3, -0.25) is 9.59 Å². The molecule has 1 amide bonds. The van der Waals surface area contributed by atoms with E-state index in [9.17, 15) is 19.8 Å². The number of aliphatic hydroxyl groups excluding tert-OH is 2. The minimum Gasteiger partial charge on any atom is -0.466 e. The third kappa shape index (κ3) is 69.6. The molecule has 6 nitrogen and oxygen atoms in total. The summed E-state index contributed by atoms with van der Waals surface area (Å²) in [7, 11) is 0. The van der Waals surface area contributed by atoms with Crippen molar-refractivity contribution in [3.8, 4) is 0 Å². The number of hydrogen-bond donors (Lipinski definition) is 3. The van der Waals surface area contributed by atoms with Crippen LogP contribution in [0.3, 0.4) is 0 Å². The molecule has 83 heavy (non-hydrogen) atoms. The van der Waals surface area contributed by atoms with Gasteiger partial charge in [-0.25, -0.2) is 0 Å². The van der Waals surface area contributed by atoms with Crippen LogP contribution in [0, 0.1) is 0 Å². The maximum atomic E-state index is 12.5. The van der Waals surface area contributed by atoms with E-state index in [1.807, 2.05) is 0 Å². The highest BCUT2D eigenvalue weighted by Gasteiger charge is 2.20. The highest BCUT2D eigenvalue weighted by atomic mass is 16.5. The molecule has 0 fully saturated rings. The predicted molar refractivity (Wildman–Crippen MR) is 366 cm³/mol. The summed E-state index contributed by atoms with van der Waals surface area (Å²) < 4.78 is 5.51. The van der Waals surface area contributed by atoms with E-state index in [1.165, 1.54) is 366 Å². The molecule has 0 radical (unpaired) electrons. The van der Waals surface area contributed by atoms with Gasteiger partial charge in [0.2, 0.25) is 5.91 Å². The second-order valence-electron chi connectivity index (χ2n) is 26.7. The molecule has 0 aliphatic heterocycles. The second kappa shape index (κ2) is 73.1. The molecule has 0 bridgehead atoms. The Bertz CT molecular complexity index is 1260. The lowest BCUT2D eigenvalue weighted by Crippen LogP contribution is -2.45. The summed E-state index contributed by atoms with van der Waals surface area (Å²) in [4.78, 5) is 24.7. The zero-order valence-electron chi connectivity index (χ0n) is 56.7. The molecule has 2 unspecified atom stereocenters. The number of rotatable bonds is 73. The van der Waals surface area contributed by atoms with Gasteiger partial charge in [0.15, 0.2) is 0 Å². The zero-order valence-corrected chi connectivity index (χ0v) is 56.7. The average molecular weight is 1170 g/mol. The van der Waals surface area contributed by atoms with Gasteiger partial charge in [-0.15, -0.1) is 0 Å². The number of allylic oxidation sites excluding steroid dienone is 2. The Hall–Kier alpha value is -1.40. The molecule has 3 N–H and O–H groups in total. The molecule has 6 heteroatoms. The molecule has 0 saturated carbocycles. The molecule has 494 valence electrons. The normalized spacial score (nSPS) is 12.5. The third-order valence-electron chi connectivity index (χ3n) is 18.3. The van der Waals surface area contributed by atoms with Crippen molar-refractivity contribution in [3.05, 3.63) is 12.2 Å². The van der Waals surface area contributed by atoms with Gasteiger partial charge in [-0.2, -0.15) is 0 Å². The summed E-state index contributed by atoms with van der Waals surface area (Å²) in [6.45, 7) is 5.00. The molecule has 2 atom stereocenters. The van der Waals surface area contributed by atoms with E-state index in [0.29, 0.717) is 25.9 Å². The van der Waals surface area contributed by atoms with Gasteiger partial charge in [0, 0.05) is 12.8 Å². The van der Waals surface area contributed by atoms with Crippen molar-refractivity contribution in [2.75, 3.05) is 13.2 Å². The molecule has 0 heterocycles.